The Bertz CT molecular complexity index is 2120. The van der Waals surface area contributed by atoms with E-state index in [1.54, 1.807) is 11.0 Å². The molecule has 17 heteroatoms. The second kappa shape index (κ2) is 16.6. The number of piperazine rings is 2. The Morgan fingerprint density at radius 3 is 2.40 bits per heavy atom. The minimum atomic E-state index is -0.382. The molecule has 0 spiro atoms. The number of rotatable bonds is 11. The summed E-state index contributed by atoms with van der Waals surface area (Å²) in [4.78, 5) is 75.1. The minimum Gasteiger partial charge on any atom is -0.362 e. The Kier molecular flexibility index (Phi) is 11.3. The molecule has 2 bridgehead atoms. The van der Waals surface area contributed by atoms with Crippen LogP contribution < -0.4 is 30.7 Å². The number of halogens is 1. The number of imide groups is 1. The first-order chi connectivity index (χ1) is 27.6. The van der Waals surface area contributed by atoms with Gasteiger partial charge >= 0.3 is 6.03 Å². The summed E-state index contributed by atoms with van der Waals surface area (Å²) >= 11 is 7.53. The lowest BCUT2D eigenvalue weighted by atomic mass is 10.1. The Morgan fingerprint density at radius 1 is 0.947 bits per heavy atom. The van der Waals surface area contributed by atoms with Gasteiger partial charge in [-0.25, -0.2) is 19.7 Å². The molecule has 2 atom stereocenters. The summed E-state index contributed by atoms with van der Waals surface area (Å²) in [5, 5.41) is 9.55. The number of benzene rings is 2. The molecule has 4 aromatic rings. The number of urea groups is 1. The molecule has 6 heterocycles. The van der Waals surface area contributed by atoms with Crippen molar-refractivity contribution in [1.29, 1.82) is 0 Å². The first-order valence-corrected chi connectivity index (χ1v) is 20.7. The fraction of sp³-hybridized carbons (Fsp3) is 0.425. The Balaban J connectivity index is 0.779. The Labute approximate surface area is 340 Å². The van der Waals surface area contributed by atoms with Crippen LogP contribution in [0.1, 0.15) is 53.2 Å². The number of carbonyl (C=O) groups is 4. The van der Waals surface area contributed by atoms with Crippen molar-refractivity contribution in [3.8, 4) is 0 Å². The van der Waals surface area contributed by atoms with Gasteiger partial charge in [0.1, 0.15) is 22.3 Å². The molecule has 0 radical (unpaired) electrons. The van der Waals surface area contributed by atoms with Gasteiger partial charge in [-0.15, -0.1) is 0 Å². The summed E-state index contributed by atoms with van der Waals surface area (Å²) in [5.74, 6) is 1.78. The lowest BCUT2D eigenvalue weighted by Crippen LogP contribution is -2.55. The standard InChI is InChI=1S/C40H46ClN11O4S/c1-25-5-3-6-31(41)37(25)47-38(55)32-22-42-39(57-32)45-33-21-34(44-26(2)43-33)49-19-17-48(18-20-49)15-4-7-36(54)50-23-29-12-13-30(24-50)52(29)28-10-8-27(9-11-28)51-16-14-35(53)46-40(51)56/h3,5-6,8-11,21-22,29-30H,4,7,12-20,23-24H2,1-2H3,(H,47,55)(H,46,53,56)(H,42,43,44,45). The normalized spacial score (nSPS) is 19.8. The van der Waals surface area contributed by atoms with Gasteiger partial charge in [0.05, 0.1) is 16.9 Å². The molecule has 57 heavy (non-hydrogen) atoms. The molecule has 4 aliphatic heterocycles. The van der Waals surface area contributed by atoms with Crippen LogP contribution in [0.25, 0.3) is 0 Å². The largest absolute Gasteiger partial charge is 0.362 e. The number of thiazole rings is 1. The summed E-state index contributed by atoms with van der Waals surface area (Å²) in [7, 11) is 0. The molecule has 3 N–H and O–H groups in total. The SMILES string of the molecule is Cc1nc(Nc2ncc(C(=O)Nc3c(C)cccc3Cl)s2)cc(N2CCN(CCCC(=O)N3CC4CCC(C3)N4c3ccc(N4CCC(=O)NC4=O)cc3)CC2)n1. The lowest BCUT2D eigenvalue weighted by molar-refractivity contribution is -0.132. The number of hydrogen-bond acceptors (Lipinski definition) is 12. The van der Waals surface area contributed by atoms with E-state index in [-0.39, 0.29) is 35.8 Å². The van der Waals surface area contributed by atoms with Crippen LogP contribution in [0, 0.1) is 13.8 Å². The topological polar surface area (TPSA) is 159 Å². The van der Waals surface area contributed by atoms with Crippen LogP contribution in [0.15, 0.2) is 54.7 Å². The van der Waals surface area contributed by atoms with Crippen molar-refractivity contribution in [1.82, 2.24) is 30.1 Å². The number of amides is 5. The van der Waals surface area contributed by atoms with Crippen LogP contribution in [-0.2, 0) is 9.59 Å². The average Bonchev–Trinajstić information content (AvgIpc) is 3.77. The molecule has 0 saturated carbocycles. The van der Waals surface area contributed by atoms with Gasteiger partial charge in [-0.3, -0.25) is 29.5 Å². The predicted octanol–water partition coefficient (Wildman–Crippen LogP) is 5.43. The van der Waals surface area contributed by atoms with Crippen LogP contribution in [0.4, 0.5) is 38.6 Å². The highest BCUT2D eigenvalue weighted by atomic mass is 35.5. The smallest absolute Gasteiger partial charge is 0.328 e. The van der Waals surface area contributed by atoms with Gasteiger partial charge in [0.2, 0.25) is 11.8 Å². The number of aryl methyl sites for hydroxylation is 2. The summed E-state index contributed by atoms with van der Waals surface area (Å²) in [6.45, 7) is 9.82. The van der Waals surface area contributed by atoms with Crippen molar-refractivity contribution in [3.63, 3.8) is 0 Å². The highest BCUT2D eigenvalue weighted by Gasteiger charge is 2.41. The van der Waals surface area contributed by atoms with E-state index in [0.717, 1.165) is 87.8 Å². The maximum absolute atomic E-state index is 13.4. The van der Waals surface area contributed by atoms with E-state index < -0.39 is 0 Å². The first kappa shape index (κ1) is 38.5. The maximum atomic E-state index is 13.4. The second-order valence-electron chi connectivity index (χ2n) is 15.0. The number of aromatic nitrogens is 3. The number of fused-ring (bicyclic) bond motifs is 2. The predicted molar refractivity (Wildman–Crippen MR) is 222 cm³/mol. The van der Waals surface area contributed by atoms with Crippen molar-refractivity contribution in [2.75, 3.05) is 77.7 Å². The first-order valence-electron chi connectivity index (χ1n) is 19.5. The number of carbonyl (C=O) groups excluding carboxylic acids is 4. The Morgan fingerprint density at radius 2 is 1.68 bits per heavy atom. The van der Waals surface area contributed by atoms with Crippen molar-refractivity contribution in [2.45, 2.75) is 58.0 Å². The van der Waals surface area contributed by atoms with Gasteiger partial charge < -0.3 is 25.3 Å². The van der Waals surface area contributed by atoms with Gasteiger partial charge in [-0.05, 0) is 75.5 Å². The van der Waals surface area contributed by atoms with E-state index in [0.29, 0.717) is 51.7 Å². The molecular formula is C40H46ClN11O4S. The van der Waals surface area contributed by atoms with Crippen molar-refractivity contribution < 1.29 is 19.2 Å². The van der Waals surface area contributed by atoms with Gasteiger partial charge in [0.25, 0.3) is 5.91 Å². The molecular weight excluding hydrogens is 766 g/mol. The molecule has 5 amide bonds. The van der Waals surface area contributed by atoms with Crippen molar-refractivity contribution in [3.05, 3.63) is 76.0 Å². The van der Waals surface area contributed by atoms with Crippen LogP contribution in [0.2, 0.25) is 5.02 Å². The van der Waals surface area contributed by atoms with E-state index in [2.05, 4.69) is 57.7 Å². The Hall–Kier alpha value is -5.32. The maximum Gasteiger partial charge on any atom is 0.328 e. The zero-order valence-corrected chi connectivity index (χ0v) is 33.6. The number of anilines is 6. The van der Waals surface area contributed by atoms with E-state index in [1.165, 1.54) is 17.5 Å². The van der Waals surface area contributed by atoms with Crippen LogP contribution in [0.5, 0.6) is 0 Å². The molecule has 298 valence electrons. The lowest BCUT2D eigenvalue weighted by Gasteiger charge is -2.43. The van der Waals surface area contributed by atoms with E-state index in [4.69, 9.17) is 16.6 Å². The number of nitrogens with one attached hydrogen (secondary N) is 3. The fourth-order valence-corrected chi connectivity index (χ4v) is 9.23. The summed E-state index contributed by atoms with van der Waals surface area (Å²) in [5.41, 5.74) is 3.34. The summed E-state index contributed by atoms with van der Waals surface area (Å²) in [6.07, 6.45) is 5.29. The molecule has 4 aliphatic rings. The van der Waals surface area contributed by atoms with Gasteiger partial charge in [-0.2, -0.15) is 0 Å². The highest BCUT2D eigenvalue weighted by molar-refractivity contribution is 7.17. The van der Waals surface area contributed by atoms with Crippen molar-refractivity contribution >= 4 is 80.5 Å². The monoisotopic (exact) mass is 811 g/mol. The number of hydrogen-bond donors (Lipinski definition) is 3. The fourth-order valence-electron chi connectivity index (χ4n) is 8.25. The quantitative estimate of drug-likeness (QED) is 0.178. The molecule has 4 saturated heterocycles. The third kappa shape index (κ3) is 8.67. The van der Waals surface area contributed by atoms with Gasteiger partial charge in [-0.1, -0.05) is 35.1 Å². The van der Waals surface area contributed by atoms with Crippen LogP contribution in [0.3, 0.4) is 0 Å². The summed E-state index contributed by atoms with van der Waals surface area (Å²) in [6, 6.07) is 15.6. The van der Waals surface area contributed by atoms with Gasteiger partial charge in [0, 0.05) is 88.2 Å². The third-order valence-corrected chi connectivity index (χ3v) is 12.4. The zero-order valence-electron chi connectivity index (χ0n) is 32.0. The zero-order chi connectivity index (χ0) is 39.6. The number of para-hydroxylation sites is 1. The molecule has 0 aliphatic carbocycles. The molecule has 8 rings (SSSR count). The average molecular weight is 812 g/mol. The van der Waals surface area contributed by atoms with E-state index in [9.17, 15) is 19.2 Å². The molecule has 15 nitrogen and oxygen atoms in total. The molecule has 2 aromatic heterocycles. The molecule has 2 unspecified atom stereocenters. The van der Waals surface area contributed by atoms with Crippen molar-refractivity contribution in [2.24, 2.45) is 0 Å². The van der Waals surface area contributed by atoms with Crippen LogP contribution >= 0.6 is 22.9 Å². The minimum absolute atomic E-state index is 0.228. The van der Waals surface area contributed by atoms with Crippen LogP contribution in [-0.4, -0.2) is 113 Å². The number of nitrogens with zero attached hydrogens (tertiary/aromatic N) is 8. The third-order valence-electron chi connectivity index (χ3n) is 11.2. The van der Waals surface area contributed by atoms with E-state index >= 15 is 0 Å². The molecule has 2 aromatic carbocycles. The highest BCUT2D eigenvalue weighted by Crippen LogP contribution is 2.36. The number of likely N-dealkylation sites (tertiary alicyclic amines) is 1. The van der Waals surface area contributed by atoms with E-state index in [1.807, 2.05) is 44.2 Å². The second-order valence-corrected chi connectivity index (χ2v) is 16.4. The molecule has 4 fully saturated rings. The summed E-state index contributed by atoms with van der Waals surface area (Å²) < 4.78 is 0. The van der Waals surface area contributed by atoms with Gasteiger partial charge in [0.15, 0.2) is 5.13 Å².